The van der Waals surface area contributed by atoms with Crippen LogP contribution in [0, 0.1) is 0 Å². The molecule has 4 heteroatoms. The maximum absolute atomic E-state index is 8.94. The van der Waals surface area contributed by atoms with Crippen molar-refractivity contribution in [3.63, 3.8) is 0 Å². The third-order valence-electron chi connectivity index (χ3n) is 3.67. The molecule has 0 aliphatic rings. The average Bonchev–Trinajstić information content (AvgIpc) is 2.53. The van der Waals surface area contributed by atoms with Crippen LogP contribution in [0.3, 0.4) is 0 Å². The standard InChI is InChI=1S/C17H25N3O/c1-2-20(13-14-21)12-6-5-11-18-17-10-9-15-7-3-4-8-16(15)19-17/h3-4,7-10,21H,2,5-6,11-14H2,1H3,(H,18,19). The van der Waals surface area contributed by atoms with Crippen molar-refractivity contribution in [1.82, 2.24) is 9.88 Å². The van der Waals surface area contributed by atoms with Gasteiger partial charge in [-0.25, -0.2) is 4.98 Å². The summed E-state index contributed by atoms with van der Waals surface area (Å²) < 4.78 is 0. The Bertz CT molecular complexity index is 544. The van der Waals surface area contributed by atoms with Crippen LogP contribution >= 0.6 is 0 Å². The van der Waals surface area contributed by atoms with E-state index in [0.29, 0.717) is 0 Å². The molecule has 0 amide bonds. The van der Waals surface area contributed by atoms with Gasteiger partial charge in [0.25, 0.3) is 0 Å². The van der Waals surface area contributed by atoms with E-state index >= 15 is 0 Å². The van der Waals surface area contributed by atoms with Crippen LogP contribution in [0.1, 0.15) is 19.8 Å². The first-order valence-electron chi connectivity index (χ1n) is 7.76. The molecular weight excluding hydrogens is 262 g/mol. The van der Waals surface area contributed by atoms with Gasteiger partial charge in [-0.05, 0) is 44.1 Å². The van der Waals surface area contributed by atoms with Gasteiger partial charge in [0.1, 0.15) is 5.82 Å². The molecule has 0 radical (unpaired) electrons. The number of fused-ring (bicyclic) bond motifs is 1. The summed E-state index contributed by atoms with van der Waals surface area (Å²) in [6.07, 6.45) is 2.24. The van der Waals surface area contributed by atoms with Crippen LogP contribution in [0.15, 0.2) is 36.4 Å². The largest absolute Gasteiger partial charge is 0.395 e. The maximum atomic E-state index is 8.94. The first-order valence-corrected chi connectivity index (χ1v) is 7.76. The number of nitrogens with one attached hydrogen (secondary N) is 1. The van der Waals surface area contributed by atoms with Gasteiger partial charge in [-0.15, -0.1) is 0 Å². The number of unbranched alkanes of at least 4 members (excludes halogenated alkanes) is 1. The monoisotopic (exact) mass is 287 g/mol. The number of benzene rings is 1. The number of rotatable bonds is 9. The van der Waals surface area contributed by atoms with Crippen molar-refractivity contribution in [2.75, 3.05) is 38.1 Å². The normalized spacial score (nSPS) is 11.2. The Hall–Kier alpha value is -1.65. The number of aliphatic hydroxyl groups excluding tert-OH is 1. The summed E-state index contributed by atoms with van der Waals surface area (Å²) in [4.78, 5) is 6.87. The van der Waals surface area contributed by atoms with Crippen LogP contribution in [-0.4, -0.2) is 47.8 Å². The first-order chi connectivity index (χ1) is 10.3. The second-order valence-corrected chi connectivity index (χ2v) is 5.18. The third-order valence-corrected chi connectivity index (χ3v) is 3.67. The van der Waals surface area contributed by atoms with Crippen LogP contribution in [-0.2, 0) is 0 Å². The maximum Gasteiger partial charge on any atom is 0.126 e. The molecule has 0 bridgehead atoms. The zero-order valence-electron chi connectivity index (χ0n) is 12.8. The Morgan fingerprint density at radius 1 is 1.10 bits per heavy atom. The smallest absolute Gasteiger partial charge is 0.126 e. The summed E-state index contributed by atoms with van der Waals surface area (Å²) in [5, 5.41) is 13.5. The highest BCUT2D eigenvalue weighted by Gasteiger charge is 2.01. The van der Waals surface area contributed by atoms with Gasteiger partial charge in [0.2, 0.25) is 0 Å². The van der Waals surface area contributed by atoms with E-state index in [0.717, 1.165) is 50.4 Å². The average molecular weight is 287 g/mol. The lowest BCUT2D eigenvalue weighted by Crippen LogP contribution is -2.27. The number of aliphatic hydroxyl groups is 1. The topological polar surface area (TPSA) is 48.4 Å². The van der Waals surface area contributed by atoms with E-state index in [1.165, 1.54) is 5.39 Å². The predicted octanol–water partition coefficient (Wildman–Crippen LogP) is 2.74. The SMILES string of the molecule is CCN(CCO)CCCCNc1ccc2ccccc2n1. The van der Waals surface area contributed by atoms with Crippen LogP contribution in [0.25, 0.3) is 10.9 Å². The Balaban J connectivity index is 1.72. The lowest BCUT2D eigenvalue weighted by Gasteiger charge is -2.18. The van der Waals surface area contributed by atoms with Crippen LogP contribution < -0.4 is 5.32 Å². The highest BCUT2D eigenvalue weighted by Crippen LogP contribution is 2.14. The summed E-state index contributed by atoms with van der Waals surface area (Å²) in [5.74, 6) is 0.941. The summed E-state index contributed by atoms with van der Waals surface area (Å²) >= 11 is 0. The van der Waals surface area contributed by atoms with Crippen molar-refractivity contribution in [2.24, 2.45) is 0 Å². The summed E-state index contributed by atoms with van der Waals surface area (Å²) in [6, 6.07) is 12.3. The van der Waals surface area contributed by atoms with Gasteiger partial charge in [-0.3, -0.25) is 0 Å². The first kappa shape index (κ1) is 15.7. The van der Waals surface area contributed by atoms with E-state index in [9.17, 15) is 0 Å². The number of hydrogen-bond acceptors (Lipinski definition) is 4. The lowest BCUT2D eigenvalue weighted by molar-refractivity contribution is 0.200. The van der Waals surface area contributed by atoms with E-state index in [1.54, 1.807) is 0 Å². The van der Waals surface area contributed by atoms with Crippen molar-refractivity contribution in [3.05, 3.63) is 36.4 Å². The molecule has 1 aromatic heterocycles. The molecule has 2 aromatic rings. The Kier molecular flexibility index (Phi) is 6.44. The van der Waals surface area contributed by atoms with Crippen molar-refractivity contribution in [2.45, 2.75) is 19.8 Å². The van der Waals surface area contributed by atoms with Crippen molar-refractivity contribution in [3.8, 4) is 0 Å². The Labute approximate surface area is 126 Å². The minimum atomic E-state index is 0.243. The number of pyridine rings is 1. The Morgan fingerprint density at radius 2 is 1.95 bits per heavy atom. The van der Waals surface area contributed by atoms with E-state index in [-0.39, 0.29) is 6.61 Å². The molecule has 0 aliphatic heterocycles. The van der Waals surface area contributed by atoms with E-state index < -0.39 is 0 Å². The number of likely N-dealkylation sites (N-methyl/N-ethyl adjacent to an activating group) is 1. The fourth-order valence-corrected chi connectivity index (χ4v) is 2.41. The zero-order valence-corrected chi connectivity index (χ0v) is 12.8. The molecule has 114 valence electrons. The molecule has 0 fully saturated rings. The third kappa shape index (κ3) is 4.99. The van der Waals surface area contributed by atoms with Crippen LogP contribution in [0.5, 0.6) is 0 Å². The van der Waals surface area contributed by atoms with Crippen molar-refractivity contribution in [1.29, 1.82) is 0 Å². The molecular formula is C17H25N3O. The van der Waals surface area contributed by atoms with Crippen molar-refractivity contribution >= 4 is 16.7 Å². The number of nitrogens with zero attached hydrogens (tertiary/aromatic N) is 2. The van der Waals surface area contributed by atoms with Gasteiger partial charge < -0.3 is 15.3 Å². The van der Waals surface area contributed by atoms with E-state index in [4.69, 9.17) is 5.11 Å². The van der Waals surface area contributed by atoms with E-state index in [2.05, 4.69) is 34.3 Å². The Morgan fingerprint density at radius 3 is 2.76 bits per heavy atom. The predicted molar refractivity (Wildman–Crippen MR) is 88.7 cm³/mol. The van der Waals surface area contributed by atoms with Gasteiger partial charge in [0.05, 0.1) is 12.1 Å². The molecule has 4 nitrogen and oxygen atoms in total. The van der Waals surface area contributed by atoms with Gasteiger partial charge in [0.15, 0.2) is 0 Å². The lowest BCUT2D eigenvalue weighted by atomic mass is 10.2. The van der Waals surface area contributed by atoms with Gasteiger partial charge in [0, 0.05) is 18.5 Å². The van der Waals surface area contributed by atoms with Crippen LogP contribution in [0.2, 0.25) is 0 Å². The van der Waals surface area contributed by atoms with E-state index in [1.807, 2.05) is 24.3 Å². The number of aromatic nitrogens is 1. The molecule has 21 heavy (non-hydrogen) atoms. The van der Waals surface area contributed by atoms with Gasteiger partial charge in [-0.2, -0.15) is 0 Å². The second kappa shape index (κ2) is 8.60. The minimum Gasteiger partial charge on any atom is -0.395 e. The number of anilines is 1. The molecule has 0 aliphatic carbocycles. The molecule has 2 rings (SSSR count). The molecule has 0 saturated carbocycles. The molecule has 1 aromatic carbocycles. The fraction of sp³-hybridized carbons (Fsp3) is 0.471. The summed E-state index contributed by atoms with van der Waals surface area (Å²) in [6.45, 7) is 6.13. The quantitative estimate of drug-likeness (QED) is 0.696. The van der Waals surface area contributed by atoms with Crippen molar-refractivity contribution < 1.29 is 5.11 Å². The van der Waals surface area contributed by atoms with Gasteiger partial charge in [-0.1, -0.05) is 25.1 Å². The van der Waals surface area contributed by atoms with Gasteiger partial charge >= 0.3 is 0 Å². The number of hydrogen-bond donors (Lipinski definition) is 2. The highest BCUT2D eigenvalue weighted by molar-refractivity contribution is 5.79. The molecule has 0 unspecified atom stereocenters. The fourth-order valence-electron chi connectivity index (χ4n) is 2.41. The van der Waals surface area contributed by atoms with Crippen LogP contribution in [0.4, 0.5) is 5.82 Å². The second-order valence-electron chi connectivity index (χ2n) is 5.18. The summed E-state index contributed by atoms with van der Waals surface area (Å²) in [5.41, 5.74) is 1.03. The molecule has 0 saturated heterocycles. The molecule has 1 heterocycles. The zero-order chi connectivity index (χ0) is 14.9. The highest BCUT2D eigenvalue weighted by atomic mass is 16.3. The number of para-hydroxylation sites is 1. The summed E-state index contributed by atoms with van der Waals surface area (Å²) in [7, 11) is 0. The minimum absolute atomic E-state index is 0.243. The molecule has 2 N–H and O–H groups in total. The molecule has 0 spiro atoms. The molecule has 0 atom stereocenters.